The van der Waals surface area contributed by atoms with E-state index < -0.39 is 16.5 Å². The molecule has 0 rings (SSSR count). The molecule has 1 nitrogen and oxygen atoms in total. The monoisotopic (exact) mass is 175 g/mol. The topological polar surface area (TPSA) is 5.90 Å². The first-order valence-electron chi connectivity index (χ1n) is 3.89. The Balaban J connectivity index is 4.23. The Labute approximate surface area is 67.6 Å². The normalized spacial score (nSPS) is 14.4. The van der Waals surface area contributed by atoms with Crippen LogP contribution in [0.2, 0.25) is 39.3 Å². The molecule has 0 aromatic rings. The van der Waals surface area contributed by atoms with E-state index in [1.54, 1.807) is 0 Å². The molecule has 0 atom stereocenters. The second-order valence-electron chi connectivity index (χ2n) is 4.90. The van der Waals surface area contributed by atoms with Gasteiger partial charge in [-0.15, -0.1) is 0 Å². The molecule has 0 aliphatic rings. The van der Waals surface area contributed by atoms with Gasteiger partial charge in [0.2, 0.25) is 0 Å². The summed E-state index contributed by atoms with van der Waals surface area (Å²) >= 11 is 0. The van der Waals surface area contributed by atoms with Crippen molar-refractivity contribution in [2.75, 3.05) is 7.05 Å². The Morgan fingerprint density at radius 2 is 0.900 bits per heavy atom. The Kier molecular flexibility index (Phi) is 2.90. The number of hydrogen-bond acceptors (Lipinski definition) is 1. The lowest BCUT2D eigenvalue weighted by Crippen LogP contribution is -2.61. The lowest BCUT2D eigenvalue weighted by atomic mass is 11.6. The van der Waals surface area contributed by atoms with Crippen LogP contribution in [0.4, 0.5) is 0 Å². The molecular weight excluding hydrogens is 154 g/mol. The minimum Gasteiger partial charge on any atom is -0.317 e. The summed E-state index contributed by atoms with van der Waals surface area (Å²) < 4.78 is 2.65. The van der Waals surface area contributed by atoms with Crippen LogP contribution in [0.25, 0.3) is 0 Å². The summed E-state index contributed by atoms with van der Waals surface area (Å²) in [6, 6.07) is 0. The highest BCUT2D eigenvalue weighted by Crippen LogP contribution is 2.12. The van der Waals surface area contributed by atoms with E-state index >= 15 is 0 Å². The van der Waals surface area contributed by atoms with Gasteiger partial charge >= 0.3 is 16.5 Å². The molecule has 3 heteroatoms. The van der Waals surface area contributed by atoms with Gasteiger partial charge in [-0.3, -0.25) is 0 Å². The van der Waals surface area contributed by atoms with Crippen molar-refractivity contribution in [2.45, 2.75) is 39.3 Å². The minimum absolute atomic E-state index is 1.00. The van der Waals surface area contributed by atoms with Crippen LogP contribution in [0.1, 0.15) is 0 Å². The van der Waals surface area contributed by atoms with Gasteiger partial charge in [0.25, 0.3) is 0 Å². The smallest absolute Gasteiger partial charge is 0.301 e. The molecule has 1 radical (unpaired) electrons. The molecule has 0 aromatic carbocycles. The summed E-state index contributed by atoms with van der Waals surface area (Å²) in [5.74, 6) is 0. The van der Waals surface area contributed by atoms with Crippen LogP contribution >= 0.6 is 0 Å². The summed E-state index contributed by atoms with van der Waals surface area (Å²) in [4.78, 5) is 0. The van der Waals surface area contributed by atoms with Crippen molar-refractivity contribution in [3.63, 3.8) is 0 Å². The second-order valence-corrected chi connectivity index (χ2v) is 15.4. The van der Waals surface area contributed by atoms with E-state index in [9.17, 15) is 0 Å². The molecule has 0 spiro atoms. The molecule has 0 fully saturated rings. The molecule has 0 heterocycles. The summed E-state index contributed by atoms with van der Waals surface area (Å²) in [6.45, 7) is 14.4. The molecule has 0 aliphatic carbocycles. The van der Waals surface area contributed by atoms with Gasteiger partial charge in [0.05, 0.1) is 7.05 Å². The number of nitrogens with zero attached hydrogens (tertiary/aromatic N) is 1. The summed E-state index contributed by atoms with van der Waals surface area (Å²) in [5, 5.41) is 0. The molecule has 0 amide bonds. The Bertz CT molecular complexity index is 95.8. The predicted molar refractivity (Wildman–Crippen MR) is 54.8 cm³/mol. The third-order valence-electron chi connectivity index (χ3n) is 2.01. The molecular formula is C7H21NSi2+. The zero-order valence-electron chi connectivity index (χ0n) is 8.45. The van der Waals surface area contributed by atoms with Crippen LogP contribution in [0.3, 0.4) is 0 Å². The van der Waals surface area contributed by atoms with Crippen LogP contribution in [0, 0.1) is 0 Å². The zero-order chi connectivity index (χ0) is 8.58. The van der Waals surface area contributed by atoms with Crippen molar-refractivity contribution < 1.29 is 0 Å². The van der Waals surface area contributed by atoms with Crippen molar-refractivity contribution in [1.82, 2.24) is 4.23 Å². The third kappa shape index (κ3) is 2.99. The van der Waals surface area contributed by atoms with Crippen LogP contribution < -0.4 is 4.23 Å². The van der Waals surface area contributed by atoms with Crippen LogP contribution in [-0.2, 0) is 0 Å². The van der Waals surface area contributed by atoms with E-state index in [1.165, 1.54) is 0 Å². The summed E-state index contributed by atoms with van der Waals surface area (Å²) in [6.07, 6.45) is 0. The Hall–Kier alpha value is 0.394. The van der Waals surface area contributed by atoms with Crippen molar-refractivity contribution >= 4 is 16.5 Å². The van der Waals surface area contributed by atoms with E-state index in [-0.39, 0.29) is 0 Å². The van der Waals surface area contributed by atoms with Gasteiger partial charge in [0.15, 0.2) is 0 Å². The highest BCUT2D eigenvalue weighted by atomic mass is 28.4. The lowest BCUT2D eigenvalue weighted by molar-refractivity contribution is 0.940. The van der Waals surface area contributed by atoms with Gasteiger partial charge in [0, 0.05) is 0 Å². The van der Waals surface area contributed by atoms with Crippen molar-refractivity contribution in [1.29, 1.82) is 0 Å². The molecule has 61 valence electrons. The van der Waals surface area contributed by atoms with Crippen LogP contribution in [-0.4, -0.2) is 23.5 Å². The first-order valence-corrected chi connectivity index (χ1v) is 10.8. The fraction of sp³-hybridized carbons (Fsp3) is 1.00. The fourth-order valence-corrected chi connectivity index (χ4v) is 9.06. The average molecular weight is 175 g/mol. The maximum atomic E-state index is 2.65. The maximum Gasteiger partial charge on any atom is 0.301 e. The van der Waals surface area contributed by atoms with Gasteiger partial charge in [0.1, 0.15) is 0 Å². The van der Waals surface area contributed by atoms with Crippen molar-refractivity contribution in [2.24, 2.45) is 0 Å². The number of hydrogen-bond donors (Lipinski definition) is 0. The van der Waals surface area contributed by atoms with Crippen molar-refractivity contribution in [3.05, 3.63) is 0 Å². The standard InChI is InChI=1S/C7H21NSi2/c1-8(9(2,3)4)10(5,6)7/h1-7H3/q+1. The van der Waals surface area contributed by atoms with Gasteiger partial charge < -0.3 is 4.23 Å². The van der Waals surface area contributed by atoms with E-state index in [0.717, 1.165) is 0 Å². The Morgan fingerprint density at radius 3 is 0.900 bits per heavy atom. The maximum absolute atomic E-state index is 2.65. The van der Waals surface area contributed by atoms with E-state index in [2.05, 4.69) is 50.6 Å². The molecule has 0 N–H and O–H groups in total. The van der Waals surface area contributed by atoms with Crippen LogP contribution in [0.15, 0.2) is 0 Å². The molecule has 10 heavy (non-hydrogen) atoms. The second kappa shape index (κ2) is 2.79. The fourth-order valence-electron chi connectivity index (χ4n) is 1.01. The van der Waals surface area contributed by atoms with E-state index in [1.807, 2.05) is 0 Å². The average Bonchev–Trinajstić information content (AvgIpc) is 1.59. The van der Waals surface area contributed by atoms with Gasteiger partial charge in [-0.2, -0.15) is 0 Å². The highest BCUT2D eigenvalue weighted by molar-refractivity contribution is 6.91. The first kappa shape index (κ1) is 10.4. The third-order valence-corrected chi connectivity index (χ3v) is 10.1. The minimum atomic E-state index is -1.00. The van der Waals surface area contributed by atoms with Gasteiger partial charge in [-0.25, -0.2) is 0 Å². The largest absolute Gasteiger partial charge is 0.317 e. The molecule has 0 saturated carbocycles. The lowest BCUT2D eigenvalue weighted by Gasteiger charge is -2.30. The summed E-state index contributed by atoms with van der Waals surface area (Å²) in [5.41, 5.74) is 0. The quantitative estimate of drug-likeness (QED) is 0.569. The molecule has 0 bridgehead atoms. The van der Waals surface area contributed by atoms with Crippen LogP contribution in [0.5, 0.6) is 0 Å². The summed E-state index contributed by atoms with van der Waals surface area (Å²) in [7, 11) is 0.288. The van der Waals surface area contributed by atoms with Gasteiger partial charge in [-0.1, -0.05) is 0 Å². The predicted octanol–water partition coefficient (Wildman–Crippen LogP) is 2.43. The van der Waals surface area contributed by atoms with Gasteiger partial charge in [-0.05, 0) is 39.3 Å². The molecule has 0 aromatic heterocycles. The first-order chi connectivity index (χ1) is 4.15. The van der Waals surface area contributed by atoms with E-state index in [0.29, 0.717) is 0 Å². The molecule has 0 aliphatic heterocycles. The highest BCUT2D eigenvalue weighted by Gasteiger charge is 2.41. The molecule has 0 unspecified atom stereocenters. The zero-order valence-corrected chi connectivity index (χ0v) is 10.4. The SMILES string of the molecule is C[N+]([Si](C)(C)C)[Si](C)(C)C. The Morgan fingerprint density at radius 1 is 0.700 bits per heavy atom. The number of rotatable bonds is 2. The van der Waals surface area contributed by atoms with E-state index in [4.69, 9.17) is 0 Å². The molecule has 0 saturated heterocycles. The van der Waals surface area contributed by atoms with Crippen molar-refractivity contribution in [3.8, 4) is 0 Å².